The van der Waals surface area contributed by atoms with Crippen LogP contribution in [0.2, 0.25) is 0 Å². The van der Waals surface area contributed by atoms with E-state index in [1.807, 2.05) is 18.2 Å². The van der Waals surface area contributed by atoms with E-state index in [0.29, 0.717) is 18.2 Å². The number of anilines is 1. The van der Waals surface area contributed by atoms with Gasteiger partial charge in [0, 0.05) is 24.1 Å². The Balaban J connectivity index is 1.76. The molecule has 1 saturated carbocycles. The van der Waals surface area contributed by atoms with Crippen molar-refractivity contribution in [1.29, 1.82) is 0 Å². The molecule has 2 heterocycles. The first-order chi connectivity index (χ1) is 11.3. The molecule has 0 amide bonds. The van der Waals surface area contributed by atoms with Crippen molar-refractivity contribution in [2.24, 2.45) is 5.92 Å². The number of fused-ring (bicyclic) bond motifs is 3. The highest BCUT2D eigenvalue weighted by molar-refractivity contribution is 5.86. The van der Waals surface area contributed by atoms with Crippen molar-refractivity contribution in [2.75, 3.05) is 12.0 Å². The maximum absolute atomic E-state index is 12.5. The minimum Gasteiger partial charge on any atom is -0.497 e. The lowest BCUT2D eigenvalue weighted by Crippen LogP contribution is -2.54. The number of rotatable bonds is 3. The molecular formula is C20H21NO2. The van der Waals surface area contributed by atoms with E-state index < -0.39 is 0 Å². The molecule has 2 aliphatic heterocycles. The molecule has 3 heteroatoms. The van der Waals surface area contributed by atoms with E-state index in [0.717, 1.165) is 18.6 Å². The molecule has 0 N–H and O–H groups in total. The first-order valence-corrected chi connectivity index (χ1v) is 8.28. The lowest BCUT2D eigenvalue weighted by molar-refractivity contribution is -0.128. The maximum atomic E-state index is 12.5. The number of hydrogen-bond acceptors (Lipinski definition) is 3. The zero-order valence-corrected chi connectivity index (χ0v) is 13.3. The topological polar surface area (TPSA) is 29.5 Å². The van der Waals surface area contributed by atoms with Crippen LogP contribution in [0.4, 0.5) is 5.69 Å². The number of ketones is 1. The van der Waals surface area contributed by atoms with Gasteiger partial charge in [0.15, 0.2) is 0 Å². The molecule has 23 heavy (non-hydrogen) atoms. The summed E-state index contributed by atoms with van der Waals surface area (Å²) in [5.74, 6) is 1.41. The van der Waals surface area contributed by atoms with Crippen molar-refractivity contribution < 1.29 is 9.53 Å². The molecule has 3 aliphatic rings. The van der Waals surface area contributed by atoms with Crippen molar-refractivity contribution in [1.82, 2.24) is 0 Å². The summed E-state index contributed by atoms with van der Waals surface area (Å²) in [4.78, 5) is 14.9. The Bertz CT molecular complexity index is 695. The van der Waals surface area contributed by atoms with Gasteiger partial charge in [-0.25, -0.2) is 0 Å². The molecule has 2 bridgehead atoms. The number of piperidine rings is 2. The maximum Gasteiger partial charge on any atom is 0.140 e. The van der Waals surface area contributed by atoms with Crippen molar-refractivity contribution >= 4 is 11.5 Å². The highest BCUT2D eigenvalue weighted by Crippen LogP contribution is 2.47. The number of carbonyl (C=O) groups is 1. The van der Waals surface area contributed by atoms with Crippen LogP contribution in [0.25, 0.3) is 0 Å². The Labute approximate surface area is 136 Å². The highest BCUT2D eigenvalue weighted by Gasteiger charge is 2.47. The lowest BCUT2D eigenvalue weighted by atomic mass is 9.71. The van der Waals surface area contributed by atoms with Gasteiger partial charge in [-0.3, -0.25) is 4.79 Å². The predicted molar refractivity (Wildman–Crippen MR) is 90.8 cm³/mol. The molecule has 2 aromatic carbocycles. The van der Waals surface area contributed by atoms with E-state index in [1.54, 1.807) is 7.11 Å². The quantitative estimate of drug-likeness (QED) is 0.858. The number of nitrogens with zero attached hydrogens (tertiary/aromatic N) is 1. The first kappa shape index (κ1) is 14.3. The molecule has 0 unspecified atom stereocenters. The van der Waals surface area contributed by atoms with Crippen LogP contribution < -0.4 is 9.64 Å². The van der Waals surface area contributed by atoms with Gasteiger partial charge in [-0.1, -0.05) is 30.3 Å². The summed E-state index contributed by atoms with van der Waals surface area (Å²) in [5.41, 5.74) is 2.42. The summed E-state index contributed by atoms with van der Waals surface area (Å²) < 4.78 is 5.27. The fourth-order valence-electron chi connectivity index (χ4n) is 4.18. The van der Waals surface area contributed by atoms with Gasteiger partial charge in [-0.15, -0.1) is 0 Å². The Morgan fingerprint density at radius 3 is 2.39 bits per heavy atom. The van der Waals surface area contributed by atoms with Crippen molar-refractivity contribution in [3.8, 4) is 5.75 Å². The normalized spacial score (nSPS) is 26.4. The molecule has 2 saturated heterocycles. The third-order valence-electron chi connectivity index (χ3n) is 5.25. The van der Waals surface area contributed by atoms with Crippen LogP contribution in [0, 0.1) is 5.92 Å². The highest BCUT2D eigenvalue weighted by atomic mass is 16.5. The van der Waals surface area contributed by atoms with Gasteiger partial charge in [0.1, 0.15) is 11.5 Å². The third-order valence-corrected chi connectivity index (χ3v) is 5.25. The average Bonchev–Trinajstić information content (AvgIpc) is 2.62. The molecular weight excluding hydrogens is 286 g/mol. The number of hydrogen-bond donors (Lipinski definition) is 0. The minimum absolute atomic E-state index is 0.115. The van der Waals surface area contributed by atoms with Crippen LogP contribution in [0.15, 0.2) is 54.6 Å². The van der Waals surface area contributed by atoms with Crippen LogP contribution in [-0.2, 0) is 4.79 Å². The first-order valence-electron chi connectivity index (χ1n) is 8.28. The summed E-state index contributed by atoms with van der Waals surface area (Å²) in [7, 11) is 1.68. The Hall–Kier alpha value is -2.29. The molecule has 3 atom stereocenters. The Morgan fingerprint density at radius 2 is 1.74 bits per heavy atom. The van der Waals surface area contributed by atoms with E-state index >= 15 is 0 Å². The summed E-state index contributed by atoms with van der Waals surface area (Å²) >= 11 is 0. The second kappa shape index (κ2) is 5.73. The van der Waals surface area contributed by atoms with Gasteiger partial charge in [-0.2, -0.15) is 0 Å². The average molecular weight is 307 g/mol. The van der Waals surface area contributed by atoms with E-state index in [4.69, 9.17) is 4.74 Å². The van der Waals surface area contributed by atoms with Crippen molar-refractivity contribution in [3.63, 3.8) is 0 Å². The monoisotopic (exact) mass is 307 g/mol. The summed E-state index contributed by atoms with van der Waals surface area (Å²) in [6.07, 6.45) is 2.79. The third kappa shape index (κ3) is 2.40. The van der Waals surface area contributed by atoms with Gasteiger partial charge in [0.25, 0.3) is 0 Å². The molecule has 118 valence electrons. The number of carbonyl (C=O) groups excluding carboxylic acids is 1. The van der Waals surface area contributed by atoms with E-state index in [2.05, 4.69) is 41.3 Å². The predicted octanol–water partition coefficient (Wildman–Crippen LogP) is 3.99. The van der Waals surface area contributed by atoms with Gasteiger partial charge in [0.05, 0.1) is 13.2 Å². The van der Waals surface area contributed by atoms with Crippen LogP contribution in [0.5, 0.6) is 5.75 Å². The van der Waals surface area contributed by atoms with Crippen LogP contribution in [-0.4, -0.2) is 18.9 Å². The van der Waals surface area contributed by atoms with Gasteiger partial charge in [-0.05, 0) is 42.7 Å². The zero-order chi connectivity index (χ0) is 15.8. The summed E-state index contributed by atoms with van der Waals surface area (Å²) in [5, 5.41) is 0. The molecule has 0 radical (unpaired) electrons. The number of benzene rings is 2. The molecule has 2 aromatic rings. The Morgan fingerprint density at radius 1 is 1.00 bits per heavy atom. The zero-order valence-electron chi connectivity index (χ0n) is 13.3. The van der Waals surface area contributed by atoms with Gasteiger partial charge in [0.2, 0.25) is 0 Å². The molecule has 0 spiro atoms. The largest absolute Gasteiger partial charge is 0.497 e. The smallest absolute Gasteiger partial charge is 0.140 e. The van der Waals surface area contributed by atoms with Gasteiger partial charge < -0.3 is 9.64 Å². The molecule has 1 aliphatic carbocycles. The number of ether oxygens (including phenoxy) is 1. The fourth-order valence-corrected chi connectivity index (χ4v) is 4.18. The van der Waals surface area contributed by atoms with E-state index in [1.165, 1.54) is 11.3 Å². The van der Waals surface area contributed by atoms with Crippen molar-refractivity contribution in [3.05, 3.63) is 60.2 Å². The van der Waals surface area contributed by atoms with Crippen LogP contribution in [0.1, 0.15) is 30.9 Å². The molecule has 5 rings (SSSR count). The van der Waals surface area contributed by atoms with E-state index in [9.17, 15) is 4.79 Å². The second-order valence-corrected chi connectivity index (χ2v) is 6.47. The molecule has 0 aromatic heterocycles. The molecule has 3 fully saturated rings. The molecule has 3 nitrogen and oxygen atoms in total. The number of methoxy groups -OCH3 is 1. The lowest BCUT2D eigenvalue weighted by Gasteiger charge is -2.52. The minimum atomic E-state index is 0.115. The second-order valence-electron chi connectivity index (χ2n) is 6.47. The van der Waals surface area contributed by atoms with Gasteiger partial charge >= 0.3 is 0 Å². The summed E-state index contributed by atoms with van der Waals surface area (Å²) in [6.45, 7) is 0. The fraction of sp³-hybridized carbons (Fsp3) is 0.350. The SMILES string of the molecule is COc1ccc(N2[C@@H]3CC[C@H](C(=O)C3)[C@@H]2c2ccccc2)cc1. The van der Waals surface area contributed by atoms with Crippen LogP contribution >= 0.6 is 0 Å². The Kier molecular flexibility index (Phi) is 3.56. The van der Waals surface area contributed by atoms with Crippen molar-refractivity contribution in [2.45, 2.75) is 31.3 Å². The van der Waals surface area contributed by atoms with Crippen LogP contribution in [0.3, 0.4) is 0 Å². The standard InChI is InChI=1S/C20H21NO2/c1-23-17-10-7-15(8-11-17)21-16-9-12-18(19(22)13-16)20(21)14-5-3-2-4-6-14/h2-8,10-11,16,18,20H,9,12-13H2,1H3/t16-,18-,20+/m1/s1. The number of Topliss-reactive ketones (excluding diaryl/α,β-unsaturated/α-hetero) is 1. The van der Waals surface area contributed by atoms with E-state index in [-0.39, 0.29) is 12.0 Å². The summed E-state index contributed by atoms with van der Waals surface area (Å²) in [6, 6.07) is 19.1.